The highest BCUT2D eigenvalue weighted by molar-refractivity contribution is 5.95. The van der Waals surface area contributed by atoms with Crippen LogP contribution in [0.25, 0.3) is 11.2 Å². The van der Waals surface area contributed by atoms with E-state index in [1.807, 2.05) is 32.3 Å². The van der Waals surface area contributed by atoms with E-state index in [0.717, 1.165) is 16.8 Å². The number of nitrogens with one attached hydrogen (secondary N) is 1. The van der Waals surface area contributed by atoms with E-state index in [1.165, 1.54) is 10.7 Å². The van der Waals surface area contributed by atoms with Gasteiger partial charge in [0, 0.05) is 30.4 Å². The van der Waals surface area contributed by atoms with Gasteiger partial charge in [-0.2, -0.15) is 9.61 Å². The first-order valence-electron chi connectivity index (χ1n) is 8.15. The minimum Gasteiger partial charge on any atom is -0.477 e. The van der Waals surface area contributed by atoms with E-state index in [0.29, 0.717) is 17.2 Å². The van der Waals surface area contributed by atoms with Gasteiger partial charge in [-0.3, -0.25) is 9.88 Å². The topological polar surface area (TPSA) is 95.6 Å². The summed E-state index contributed by atoms with van der Waals surface area (Å²) in [5.41, 5.74) is 3.96. The predicted molar refractivity (Wildman–Crippen MR) is 97.2 cm³/mol. The monoisotopic (exact) mass is 350 g/mol. The van der Waals surface area contributed by atoms with E-state index in [9.17, 15) is 9.90 Å². The lowest BCUT2D eigenvalue weighted by atomic mass is 10.1. The van der Waals surface area contributed by atoms with Crippen LogP contribution in [-0.4, -0.2) is 56.7 Å². The van der Waals surface area contributed by atoms with E-state index < -0.39 is 5.97 Å². The summed E-state index contributed by atoms with van der Waals surface area (Å²) in [6.07, 6.45) is 5.20. The van der Waals surface area contributed by atoms with Gasteiger partial charge in [0.1, 0.15) is 11.4 Å². The van der Waals surface area contributed by atoms with Crippen molar-refractivity contribution in [1.82, 2.24) is 24.5 Å². The highest BCUT2D eigenvalue weighted by Crippen LogP contribution is 2.39. The Morgan fingerprint density at radius 3 is 2.88 bits per heavy atom. The van der Waals surface area contributed by atoms with Crippen molar-refractivity contribution in [1.29, 1.82) is 0 Å². The summed E-state index contributed by atoms with van der Waals surface area (Å²) in [6.45, 7) is 0. The summed E-state index contributed by atoms with van der Waals surface area (Å²) in [6, 6.07) is 5.81. The third kappa shape index (κ3) is 2.34. The fourth-order valence-electron chi connectivity index (χ4n) is 3.25. The molecule has 0 saturated heterocycles. The summed E-state index contributed by atoms with van der Waals surface area (Å²) in [5.74, 6) is -0.391. The van der Waals surface area contributed by atoms with Crippen molar-refractivity contribution in [3.8, 4) is 0 Å². The van der Waals surface area contributed by atoms with Gasteiger partial charge >= 0.3 is 5.97 Å². The fourth-order valence-corrected chi connectivity index (χ4v) is 3.25. The number of hydrogen-bond acceptors (Lipinski definition) is 6. The highest BCUT2D eigenvalue weighted by Gasteiger charge is 2.28. The normalized spacial score (nSPS) is 16.0. The van der Waals surface area contributed by atoms with Crippen molar-refractivity contribution in [3.05, 3.63) is 59.2 Å². The predicted octanol–water partition coefficient (Wildman–Crippen LogP) is 1.91. The molecule has 3 aromatic heterocycles. The minimum atomic E-state index is -1.06. The van der Waals surface area contributed by atoms with Crippen molar-refractivity contribution in [3.63, 3.8) is 0 Å². The molecule has 0 bridgehead atoms. The zero-order valence-corrected chi connectivity index (χ0v) is 14.6. The van der Waals surface area contributed by atoms with E-state index >= 15 is 0 Å². The Morgan fingerprint density at radius 2 is 2.19 bits per heavy atom. The number of pyridine rings is 1. The SMILES string of the molecule is CNc1cc(C2=CC(N(C)C)c3ncccc32)nc2c(C(=O)O)cnn12. The lowest BCUT2D eigenvalue weighted by molar-refractivity contribution is 0.0699. The quantitative estimate of drug-likeness (QED) is 0.742. The molecule has 8 heteroatoms. The van der Waals surface area contributed by atoms with Crippen LogP contribution in [0.2, 0.25) is 0 Å². The summed E-state index contributed by atoms with van der Waals surface area (Å²) >= 11 is 0. The molecule has 8 nitrogen and oxygen atoms in total. The van der Waals surface area contributed by atoms with Crippen molar-refractivity contribution in [2.45, 2.75) is 6.04 Å². The van der Waals surface area contributed by atoms with E-state index in [1.54, 1.807) is 13.2 Å². The number of hydrogen-bond donors (Lipinski definition) is 2. The van der Waals surface area contributed by atoms with Gasteiger partial charge in [0.05, 0.1) is 23.6 Å². The second kappa shape index (κ2) is 5.92. The number of aromatic carboxylic acids is 1. The van der Waals surface area contributed by atoms with Crippen LogP contribution in [0.4, 0.5) is 5.82 Å². The Kier molecular flexibility index (Phi) is 3.69. The van der Waals surface area contributed by atoms with Crippen molar-refractivity contribution in [2.24, 2.45) is 0 Å². The van der Waals surface area contributed by atoms with Gasteiger partial charge < -0.3 is 10.4 Å². The molecule has 2 N–H and O–H groups in total. The van der Waals surface area contributed by atoms with Crippen LogP contribution in [0.5, 0.6) is 0 Å². The van der Waals surface area contributed by atoms with Crippen LogP contribution in [-0.2, 0) is 0 Å². The average Bonchev–Trinajstić information content (AvgIpc) is 3.22. The maximum absolute atomic E-state index is 11.5. The molecule has 3 heterocycles. The molecular formula is C18H18N6O2. The highest BCUT2D eigenvalue weighted by atomic mass is 16.4. The lowest BCUT2D eigenvalue weighted by Crippen LogP contribution is -2.17. The molecule has 26 heavy (non-hydrogen) atoms. The van der Waals surface area contributed by atoms with Crippen LogP contribution in [0.1, 0.15) is 33.4 Å². The summed E-state index contributed by atoms with van der Waals surface area (Å²) in [4.78, 5) is 22.7. The molecule has 4 rings (SSSR count). The summed E-state index contributed by atoms with van der Waals surface area (Å²) in [5, 5.41) is 16.6. The molecule has 0 aromatic carbocycles. The fraction of sp³-hybridized carbons (Fsp3) is 0.222. The zero-order chi connectivity index (χ0) is 18.4. The molecule has 1 aliphatic rings. The van der Waals surface area contributed by atoms with Gasteiger partial charge in [0.15, 0.2) is 5.65 Å². The number of nitrogens with zero attached hydrogens (tertiary/aromatic N) is 5. The van der Waals surface area contributed by atoms with Gasteiger partial charge in [0.25, 0.3) is 0 Å². The first-order valence-corrected chi connectivity index (χ1v) is 8.15. The molecule has 0 aliphatic heterocycles. The number of carbonyl (C=O) groups is 1. The number of fused-ring (bicyclic) bond motifs is 2. The number of likely N-dealkylation sites (N-methyl/N-ethyl adjacent to an activating group) is 1. The molecule has 0 saturated carbocycles. The summed E-state index contributed by atoms with van der Waals surface area (Å²) < 4.78 is 1.50. The Hall–Kier alpha value is -3.26. The minimum absolute atomic E-state index is 0.0427. The summed E-state index contributed by atoms with van der Waals surface area (Å²) in [7, 11) is 5.76. The average molecular weight is 350 g/mol. The maximum Gasteiger partial charge on any atom is 0.341 e. The van der Waals surface area contributed by atoms with Gasteiger partial charge in [-0.05, 0) is 20.2 Å². The van der Waals surface area contributed by atoms with Crippen molar-refractivity contribution in [2.75, 3.05) is 26.5 Å². The molecule has 3 aromatic rings. The van der Waals surface area contributed by atoms with Gasteiger partial charge in [-0.1, -0.05) is 12.1 Å². The smallest absolute Gasteiger partial charge is 0.341 e. The number of aromatic nitrogens is 4. The van der Waals surface area contributed by atoms with E-state index in [4.69, 9.17) is 0 Å². The number of carboxylic acids is 1. The molecule has 1 aliphatic carbocycles. The zero-order valence-electron chi connectivity index (χ0n) is 14.6. The molecule has 1 unspecified atom stereocenters. The Bertz CT molecular complexity index is 1050. The molecule has 132 valence electrons. The number of rotatable bonds is 4. The van der Waals surface area contributed by atoms with Crippen LogP contribution in [0.15, 0.2) is 36.7 Å². The van der Waals surface area contributed by atoms with Crippen molar-refractivity contribution < 1.29 is 9.90 Å². The van der Waals surface area contributed by atoms with Crippen LogP contribution >= 0.6 is 0 Å². The second-order valence-electron chi connectivity index (χ2n) is 6.30. The standard InChI is InChI=1S/C18H18N6O2/c1-19-15-8-13(22-17-12(18(25)26)9-21-24(15)17)11-7-14(23(2)3)16-10(11)5-4-6-20-16/h4-9,14,19H,1-3H3,(H,25,26). The van der Waals surface area contributed by atoms with Crippen LogP contribution in [0.3, 0.4) is 0 Å². The van der Waals surface area contributed by atoms with Crippen LogP contribution in [0, 0.1) is 0 Å². The van der Waals surface area contributed by atoms with Gasteiger partial charge in [0.2, 0.25) is 0 Å². The maximum atomic E-state index is 11.5. The number of carboxylic acid groups (broad SMARTS) is 1. The second-order valence-corrected chi connectivity index (χ2v) is 6.30. The number of anilines is 1. The molecular weight excluding hydrogens is 332 g/mol. The Morgan fingerprint density at radius 1 is 1.38 bits per heavy atom. The molecule has 0 amide bonds. The molecule has 0 radical (unpaired) electrons. The molecule has 0 fully saturated rings. The third-order valence-corrected chi connectivity index (χ3v) is 4.52. The van der Waals surface area contributed by atoms with Gasteiger partial charge in [-0.25, -0.2) is 9.78 Å². The Balaban J connectivity index is 1.96. The largest absolute Gasteiger partial charge is 0.477 e. The molecule has 0 spiro atoms. The third-order valence-electron chi connectivity index (χ3n) is 4.52. The first kappa shape index (κ1) is 16.2. The lowest BCUT2D eigenvalue weighted by Gasteiger charge is -2.17. The van der Waals surface area contributed by atoms with Crippen LogP contribution < -0.4 is 5.32 Å². The van der Waals surface area contributed by atoms with Gasteiger partial charge in [-0.15, -0.1) is 0 Å². The molecule has 1 atom stereocenters. The Labute approximate surface area is 149 Å². The first-order chi connectivity index (χ1) is 12.5. The van der Waals surface area contributed by atoms with E-state index in [-0.39, 0.29) is 11.6 Å². The van der Waals surface area contributed by atoms with Crippen molar-refractivity contribution >= 4 is 23.0 Å². The van der Waals surface area contributed by atoms with E-state index in [2.05, 4.69) is 31.4 Å².